The van der Waals surface area contributed by atoms with Gasteiger partial charge in [-0.2, -0.15) is 0 Å². The number of benzene rings is 3. The maximum Gasteiger partial charge on any atom is 0.295 e. The van der Waals surface area contributed by atoms with E-state index in [9.17, 15) is 34.9 Å². The van der Waals surface area contributed by atoms with Crippen LogP contribution in [-0.2, 0) is 16.0 Å². The van der Waals surface area contributed by atoms with Gasteiger partial charge in [-0.15, -0.1) is 0 Å². The number of aromatic amines is 1. The van der Waals surface area contributed by atoms with Crippen molar-refractivity contribution in [3.05, 3.63) is 115 Å². The van der Waals surface area contributed by atoms with Crippen LogP contribution >= 0.6 is 0 Å². The second-order valence-electron chi connectivity index (χ2n) is 9.12. The number of nitrogens with zero attached hydrogens (tertiary/aromatic N) is 3. The van der Waals surface area contributed by atoms with Gasteiger partial charge in [-0.25, -0.2) is 0 Å². The summed E-state index contributed by atoms with van der Waals surface area (Å²) in [4.78, 5) is 52.3. The van der Waals surface area contributed by atoms with Gasteiger partial charge in [-0.3, -0.25) is 29.8 Å². The van der Waals surface area contributed by atoms with Crippen molar-refractivity contribution in [2.45, 2.75) is 12.5 Å². The topological polar surface area (TPSA) is 169 Å². The molecular formula is C28H22N4O8. The van der Waals surface area contributed by atoms with Gasteiger partial charge in [-0.05, 0) is 47.9 Å². The predicted molar refractivity (Wildman–Crippen MR) is 144 cm³/mol. The lowest BCUT2D eigenvalue weighted by Crippen LogP contribution is -2.31. The van der Waals surface area contributed by atoms with Gasteiger partial charge in [0.05, 0.1) is 28.6 Å². The molecule has 202 valence electrons. The predicted octanol–water partition coefficient (Wildman–Crippen LogP) is 4.66. The molecule has 0 radical (unpaired) electrons. The number of H-pyrrole nitrogens is 1. The Morgan fingerprint density at radius 2 is 1.73 bits per heavy atom. The molecule has 1 aromatic heterocycles. The molecule has 5 rings (SSSR count). The molecule has 1 amide bonds. The Bertz CT molecular complexity index is 1710. The van der Waals surface area contributed by atoms with Crippen LogP contribution in [0.25, 0.3) is 16.7 Å². The highest BCUT2D eigenvalue weighted by Gasteiger charge is 2.46. The van der Waals surface area contributed by atoms with Crippen LogP contribution in [0.4, 0.5) is 11.4 Å². The molecule has 1 saturated heterocycles. The zero-order valence-corrected chi connectivity index (χ0v) is 21.1. The zero-order valence-electron chi connectivity index (χ0n) is 21.1. The van der Waals surface area contributed by atoms with Crippen molar-refractivity contribution in [1.82, 2.24) is 9.88 Å². The van der Waals surface area contributed by atoms with Crippen LogP contribution in [0.1, 0.15) is 22.7 Å². The molecule has 12 nitrogen and oxygen atoms in total. The van der Waals surface area contributed by atoms with E-state index in [0.29, 0.717) is 17.7 Å². The summed E-state index contributed by atoms with van der Waals surface area (Å²) in [6.07, 6.45) is 2.13. The van der Waals surface area contributed by atoms with Gasteiger partial charge >= 0.3 is 0 Å². The second-order valence-corrected chi connectivity index (χ2v) is 9.12. The number of ether oxygens (including phenoxy) is 1. The molecule has 4 aromatic rings. The Kier molecular flexibility index (Phi) is 6.74. The molecule has 12 heteroatoms. The van der Waals surface area contributed by atoms with E-state index >= 15 is 0 Å². The van der Waals surface area contributed by atoms with E-state index in [1.165, 1.54) is 47.4 Å². The van der Waals surface area contributed by atoms with Gasteiger partial charge < -0.3 is 19.7 Å². The number of nitrogens with one attached hydrogen (secondary N) is 1. The summed E-state index contributed by atoms with van der Waals surface area (Å²) in [5.74, 6) is -1.76. The molecular weight excluding hydrogens is 520 g/mol. The number of Topliss-reactive ketones (excluding diaryl/α,β-unsaturated/α-hetero) is 1. The first-order chi connectivity index (χ1) is 19.2. The summed E-state index contributed by atoms with van der Waals surface area (Å²) in [5, 5.41) is 34.5. The lowest BCUT2D eigenvalue weighted by molar-refractivity contribution is -0.385. The number of hydrogen-bond acceptors (Lipinski definition) is 8. The van der Waals surface area contributed by atoms with Crippen molar-refractivity contribution < 1.29 is 29.3 Å². The van der Waals surface area contributed by atoms with Crippen molar-refractivity contribution in [2.75, 3.05) is 13.7 Å². The number of non-ortho nitro benzene ring substituents is 2. The smallest absolute Gasteiger partial charge is 0.295 e. The molecule has 2 N–H and O–H groups in total. The minimum Gasteiger partial charge on any atom is -0.507 e. The van der Waals surface area contributed by atoms with Gasteiger partial charge in [0, 0.05) is 53.5 Å². The number of nitro benzene ring substituents is 2. The molecule has 3 aromatic carbocycles. The van der Waals surface area contributed by atoms with Crippen LogP contribution in [0, 0.1) is 20.2 Å². The number of amides is 1. The summed E-state index contributed by atoms with van der Waals surface area (Å²) in [6, 6.07) is 14.8. The largest absolute Gasteiger partial charge is 0.507 e. The molecule has 40 heavy (non-hydrogen) atoms. The van der Waals surface area contributed by atoms with Gasteiger partial charge in [0.25, 0.3) is 23.1 Å². The lowest BCUT2D eigenvalue weighted by atomic mass is 9.95. The summed E-state index contributed by atoms with van der Waals surface area (Å²) in [5.41, 5.74) is 1.31. The molecule has 1 unspecified atom stereocenters. The lowest BCUT2D eigenvalue weighted by Gasteiger charge is -2.25. The molecule has 1 aliphatic heterocycles. The fourth-order valence-electron chi connectivity index (χ4n) is 4.89. The first-order valence-electron chi connectivity index (χ1n) is 12.1. The molecule has 1 aliphatic rings. The Hall–Kier alpha value is -5.52. The second kappa shape index (κ2) is 10.3. The minimum atomic E-state index is -1.08. The number of aromatic nitrogens is 1. The average molecular weight is 543 g/mol. The van der Waals surface area contributed by atoms with Crippen molar-refractivity contribution in [2.24, 2.45) is 0 Å². The Balaban J connectivity index is 1.58. The van der Waals surface area contributed by atoms with Gasteiger partial charge in [0.15, 0.2) is 0 Å². The quantitative estimate of drug-likeness (QED) is 0.106. The van der Waals surface area contributed by atoms with Crippen molar-refractivity contribution in [3.63, 3.8) is 0 Å². The highest BCUT2D eigenvalue weighted by molar-refractivity contribution is 6.46. The highest BCUT2D eigenvalue weighted by Crippen LogP contribution is 2.40. The average Bonchev–Trinajstić information content (AvgIpc) is 3.48. The SMILES string of the molecule is COc1ccc2[nH]cc(CCN3C(=O)C(=O)/C(=C(\O)c4cccc([N+](=O)[O-])c4)C3c3ccc([N+](=O)[O-])cc3)c2c1. The third-order valence-corrected chi connectivity index (χ3v) is 6.89. The van der Waals surface area contributed by atoms with E-state index in [1.807, 2.05) is 18.2 Å². The molecule has 0 saturated carbocycles. The van der Waals surface area contributed by atoms with E-state index in [2.05, 4.69) is 4.98 Å². The van der Waals surface area contributed by atoms with Crippen molar-refractivity contribution in [3.8, 4) is 5.75 Å². The van der Waals surface area contributed by atoms with Crippen LogP contribution in [0.3, 0.4) is 0 Å². The number of likely N-dealkylation sites (tertiary alicyclic amines) is 1. The molecule has 1 atom stereocenters. The van der Waals surface area contributed by atoms with Gasteiger partial charge in [-0.1, -0.05) is 12.1 Å². The number of ketones is 1. The van der Waals surface area contributed by atoms with Crippen LogP contribution in [0.2, 0.25) is 0 Å². The van der Waals surface area contributed by atoms with E-state index in [1.54, 1.807) is 13.3 Å². The third kappa shape index (κ3) is 4.62. The zero-order chi connectivity index (χ0) is 28.6. The molecule has 0 bridgehead atoms. The maximum absolute atomic E-state index is 13.3. The summed E-state index contributed by atoms with van der Waals surface area (Å²) < 4.78 is 5.32. The van der Waals surface area contributed by atoms with Crippen molar-refractivity contribution in [1.29, 1.82) is 0 Å². The van der Waals surface area contributed by atoms with Crippen LogP contribution in [-0.4, -0.2) is 50.2 Å². The standard InChI is InChI=1S/C28H22N4O8/c1-40-21-9-10-23-22(14-21)18(15-29-23)11-12-30-25(16-5-7-19(8-6-16)31(36)37)24(27(34)28(30)35)26(33)17-3-2-4-20(13-17)32(38)39/h2-10,13-15,25,29,33H,11-12H2,1H3/b26-24-. The maximum atomic E-state index is 13.3. The number of hydrogen-bond donors (Lipinski definition) is 2. The minimum absolute atomic E-state index is 0.0113. The van der Waals surface area contributed by atoms with Crippen molar-refractivity contribution >= 4 is 39.7 Å². The van der Waals surface area contributed by atoms with Crippen LogP contribution in [0.5, 0.6) is 5.75 Å². The Labute approximate surface area is 226 Å². The molecule has 1 fully saturated rings. The van der Waals surface area contributed by atoms with E-state index in [-0.39, 0.29) is 29.1 Å². The fourth-order valence-corrected chi connectivity index (χ4v) is 4.89. The normalized spacial score (nSPS) is 16.4. The summed E-state index contributed by atoms with van der Waals surface area (Å²) in [7, 11) is 1.55. The Morgan fingerprint density at radius 1 is 1.00 bits per heavy atom. The van der Waals surface area contributed by atoms with Gasteiger partial charge in [0.2, 0.25) is 0 Å². The number of aliphatic hydroxyl groups is 1. The number of carbonyl (C=O) groups excluding carboxylic acids is 2. The third-order valence-electron chi connectivity index (χ3n) is 6.89. The number of carbonyl (C=O) groups is 2. The van der Waals surface area contributed by atoms with E-state index < -0.39 is 33.3 Å². The van der Waals surface area contributed by atoms with E-state index in [4.69, 9.17) is 4.74 Å². The molecule has 2 heterocycles. The van der Waals surface area contributed by atoms with Crippen LogP contribution in [0.15, 0.2) is 78.5 Å². The Morgan fingerprint density at radius 3 is 2.40 bits per heavy atom. The number of rotatable bonds is 8. The summed E-state index contributed by atoms with van der Waals surface area (Å²) >= 11 is 0. The molecule has 0 aliphatic carbocycles. The number of nitro groups is 2. The monoisotopic (exact) mass is 542 g/mol. The highest BCUT2D eigenvalue weighted by atomic mass is 16.6. The fraction of sp³-hybridized carbons (Fsp3) is 0.143. The van der Waals surface area contributed by atoms with E-state index in [0.717, 1.165) is 22.5 Å². The first kappa shape index (κ1) is 26.1. The van der Waals surface area contributed by atoms with Gasteiger partial charge in [0.1, 0.15) is 11.5 Å². The number of fused-ring (bicyclic) bond motifs is 1. The summed E-state index contributed by atoms with van der Waals surface area (Å²) in [6.45, 7) is 0.0715. The number of aliphatic hydroxyl groups excluding tert-OH is 1. The van der Waals surface area contributed by atoms with Crippen LogP contribution < -0.4 is 4.74 Å². The first-order valence-corrected chi connectivity index (χ1v) is 12.1. The number of methoxy groups -OCH3 is 1. The molecule has 0 spiro atoms.